The van der Waals surface area contributed by atoms with Crippen molar-refractivity contribution in [3.05, 3.63) is 54.1 Å². The van der Waals surface area contributed by atoms with Crippen molar-refractivity contribution in [3.8, 4) is 5.75 Å². The summed E-state index contributed by atoms with van der Waals surface area (Å²) in [4.78, 5) is 38.0. The zero-order chi connectivity index (χ0) is 18.7. The number of imide groups is 1. The first-order valence-corrected chi connectivity index (χ1v) is 8.98. The molecule has 1 aliphatic rings. The van der Waals surface area contributed by atoms with Gasteiger partial charge in [0.1, 0.15) is 5.75 Å². The second kappa shape index (κ2) is 7.61. The Bertz CT molecular complexity index is 849. The quantitative estimate of drug-likeness (QED) is 0.785. The van der Waals surface area contributed by atoms with E-state index in [1.54, 1.807) is 42.5 Å². The van der Waals surface area contributed by atoms with Crippen LogP contribution in [0.25, 0.3) is 0 Å². The van der Waals surface area contributed by atoms with Gasteiger partial charge < -0.3 is 9.84 Å². The Morgan fingerprint density at radius 2 is 1.88 bits per heavy atom. The van der Waals surface area contributed by atoms with Crippen LogP contribution in [0.2, 0.25) is 0 Å². The fourth-order valence-electron chi connectivity index (χ4n) is 2.72. The van der Waals surface area contributed by atoms with Crippen LogP contribution in [0.5, 0.6) is 5.75 Å². The van der Waals surface area contributed by atoms with E-state index in [1.165, 1.54) is 6.07 Å². The smallest absolute Gasteiger partial charge is 0.336 e. The molecule has 0 bridgehead atoms. The fraction of sp³-hybridized carbons (Fsp3) is 0.211. The number of thioether (sulfide) groups is 1. The molecule has 1 heterocycles. The summed E-state index contributed by atoms with van der Waals surface area (Å²) in [7, 11) is 0. The number of hydrogen-bond donors (Lipinski definition) is 1. The van der Waals surface area contributed by atoms with E-state index >= 15 is 0 Å². The molecule has 7 heteroatoms. The van der Waals surface area contributed by atoms with Crippen LogP contribution in [0.4, 0.5) is 5.69 Å². The zero-order valence-electron chi connectivity index (χ0n) is 14.0. The summed E-state index contributed by atoms with van der Waals surface area (Å²) in [5.74, 6) is -1.04. The van der Waals surface area contributed by atoms with Gasteiger partial charge in [-0.05, 0) is 43.3 Å². The molecule has 0 radical (unpaired) electrons. The number of aromatic carboxylic acids is 1. The summed E-state index contributed by atoms with van der Waals surface area (Å²) in [6, 6.07) is 13.2. The summed E-state index contributed by atoms with van der Waals surface area (Å²) in [5.41, 5.74) is 0.607. The molecule has 0 aromatic heterocycles. The first kappa shape index (κ1) is 18.0. The number of carboxylic acid groups (broad SMARTS) is 1. The number of nitrogens with zero attached hydrogens (tertiary/aromatic N) is 1. The van der Waals surface area contributed by atoms with Gasteiger partial charge in [-0.1, -0.05) is 12.1 Å². The Kier molecular flexibility index (Phi) is 5.27. The summed E-state index contributed by atoms with van der Waals surface area (Å²) in [5, 5.41) is 8.63. The Morgan fingerprint density at radius 1 is 1.19 bits per heavy atom. The minimum absolute atomic E-state index is 0.0324. The minimum Gasteiger partial charge on any atom is -0.494 e. The van der Waals surface area contributed by atoms with Crippen LogP contribution in [0.15, 0.2) is 53.4 Å². The first-order valence-electron chi connectivity index (χ1n) is 8.10. The van der Waals surface area contributed by atoms with Gasteiger partial charge in [-0.15, -0.1) is 11.8 Å². The molecule has 2 aromatic rings. The van der Waals surface area contributed by atoms with Crippen molar-refractivity contribution in [2.75, 3.05) is 11.5 Å². The number of benzene rings is 2. The molecule has 2 amide bonds. The van der Waals surface area contributed by atoms with Crippen LogP contribution in [-0.2, 0) is 9.59 Å². The van der Waals surface area contributed by atoms with E-state index < -0.39 is 11.2 Å². The van der Waals surface area contributed by atoms with Crippen LogP contribution < -0.4 is 9.64 Å². The predicted molar refractivity (Wildman–Crippen MR) is 97.8 cm³/mol. The van der Waals surface area contributed by atoms with Gasteiger partial charge in [-0.25, -0.2) is 9.69 Å². The lowest BCUT2D eigenvalue weighted by atomic mass is 10.2. The van der Waals surface area contributed by atoms with Crippen molar-refractivity contribution in [1.29, 1.82) is 0 Å². The molecule has 0 spiro atoms. The number of rotatable bonds is 6. The Hall–Kier alpha value is -2.80. The standard InChI is InChI=1S/C19H17NO5S/c1-2-25-13-9-7-12(8-10-13)20-17(21)11-16(18(20)22)26-15-6-4-3-5-14(15)19(23)24/h3-10,16H,2,11H2,1H3,(H,23,24)/t16-/m0/s1. The summed E-state index contributed by atoms with van der Waals surface area (Å²) in [6.07, 6.45) is 0.0324. The Labute approximate surface area is 154 Å². The number of carbonyl (C=O) groups excluding carboxylic acids is 2. The highest BCUT2D eigenvalue weighted by molar-refractivity contribution is 8.00. The third kappa shape index (κ3) is 3.57. The Morgan fingerprint density at radius 3 is 2.54 bits per heavy atom. The largest absolute Gasteiger partial charge is 0.494 e. The molecule has 1 saturated heterocycles. The van der Waals surface area contributed by atoms with E-state index in [1.807, 2.05) is 6.92 Å². The van der Waals surface area contributed by atoms with Gasteiger partial charge in [0, 0.05) is 11.3 Å². The number of carboxylic acids is 1. The van der Waals surface area contributed by atoms with Crippen LogP contribution in [0.1, 0.15) is 23.7 Å². The van der Waals surface area contributed by atoms with E-state index in [0.29, 0.717) is 22.9 Å². The second-order valence-electron chi connectivity index (χ2n) is 5.61. The molecular formula is C19H17NO5S. The average molecular weight is 371 g/mol. The van der Waals surface area contributed by atoms with Gasteiger partial charge in [-0.2, -0.15) is 0 Å². The highest BCUT2D eigenvalue weighted by atomic mass is 32.2. The monoisotopic (exact) mass is 371 g/mol. The molecule has 0 saturated carbocycles. The maximum Gasteiger partial charge on any atom is 0.336 e. The average Bonchev–Trinajstić information content (AvgIpc) is 2.90. The van der Waals surface area contributed by atoms with Crippen LogP contribution >= 0.6 is 11.8 Å². The van der Waals surface area contributed by atoms with Crippen molar-refractivity contribution in [2.45, 2.75) is 23.5 Å². The summed E-state index contributed by atoms with van der Waals surface area (Å²) < 4.78 is 5.36. The molecule has 6 nitrogen and oxygen atoms in total. The van der Waals surface area contributed by atoms with Crippen LogP contribution in [0.3, 0.4) is 0 Å². The SMILES string of the molecule is CCOc1ccc(N2C(=O)C[C@H](Sc3ccccc3C(=O)O)C2=O)cc1. The molecule has 0 unspecified atom stereocenters. The van der Waals surface area contributed by atoms with Crippen LogP contribution in [-0.4, -0.2) is 34.7 Å². The van der Waals surface area contributed by atoms with E-state index in [-0.39, 0.29) is 23.8 Å². The topological polar surface area (TPSA) is 83.9 Å². The number of ether oxygens (including phenoxy) is 1. The van der Waals surface area contributed by atoms with Gasteiger partial charge in [0.05, 0.1) is 23.1 Å². The molecule has 1 aliphatic heterocycles. The number of anilines is 1. The molecule has 1 atom stereocenters. The predicted octanol–water partition coefficient (Wildman–Crippen LogP) is 3.21. The highest BCUT2D eigenvalue weighted by Gasteiger charge is 2.40. The molecule has 3 rings (SSSR count). The van der Waals surface area contributed by atoms with Gasteiger partial charge in [-0.3, -0.25) is 9.59 Å². The molecule has 1 fully saturated rings. The van der Waals surface area contributed by atoms with Gasteiger partial charge >= 0.3 is 5.97 Å². The van der Waals surface area contributed by atoms with Crippen molar-refractivity contribution in [3.63, 3.8) is 0 Å². The summed E-state index contributed by atoms with van der Waals surface area (Å²) >= 11 is 1.11. The molecule has 0 aliphatic carbocycles. The number of amides is 2. The summed E-state index contributed by atoms with van der Waals surface area (Å²) in [6.45, 7) is 2.40. The Balaban J connectivity index is 1.80. The van der Waals surface area contributed by atoms with Gasteiger partial charge in [0.25, 0.3) is 0 Å². The molecule has 134 valence electrons. The van der Waals surface area contributed by atoms with E-state index in [9.17, 15) is 19.5 Å². The lowest BCUT2D eigenvalue weighted by molar-refractivity contribution is -0.121. The third-order valence-electron chi connectivity index (χ3n) is 3.90. The lowest BCUT2D eigenvalue weighted by Crippen LogP contribution is -2.31. The van der Waals surface area contributed by atoms with Crippen molar-refractivity contribution >= 4 is 35.2 Å². The van der Waals surface area contributed by atoms with E-state index in [2.05, 4.69) is 0 Å². The number of hydrogen-bond acceptors (Lipinski definition) is 5. The maximum atomic E-state index is 12.7. The molecule has 2 aromatic carbocycles. The highest BCUT2D eigenvalue weighted by Crippen LogP contribution is 2.35. The normalized spacial score (nSPS) is 16.8. The van der Waals surface area contributed by atoms with E-state index in [0.717, 1.165) is 16.7 Å². The van der Waals surface area contributed by atoms with Crippen molar-refractivity contribution in [1.82, 2.24) is 0 Å². The fourth-order valence-corrected chi connectivity index (χ4v) is 3.90. The lowest BCUT2D eigenvalue weighted by Gasteiger charge is -2.16. The van der Waals surface area contributed by atoms with Gasteiger partial charge in [0.15, 0.2) is 0 Å². The maximum absolute atomic E-state index is 12.7. The van der Waals surface area contributed by atoms with Crippen molar-refractivity contribution in [2.24, 2.45) is 0 Å². The van der Waals surface area contributed by atoms with Crippen LogP contribution in [0, 0.1) is 0 Å². The minimum atomic E-state index is -1.06. The van der Waals surface area contributed by atoms with E-state index in [4.69, 9.17) is 4.74 Å². The van der Waals surface area contributed by atoms with Crippen molar-refractivity contribution < 1.29 is 24.2 Å². The third-order valence-corrected chi connectivity index (χ3v) is 5.16. The number of carbonyl (C=O) groups is 3. The molecular weight excluding hydrogens is 354 g/mol. The second-order valence-corrected chi connectivity index (χ2v) is 6.85. The molecule has 1 N–H and O–H groups in total. The van der Waals surface area contributed by atoms with Gasteiger partial charge in [0.2, 0.25) is 11.8 Å². The molecule has 26 heavy (non-hydrogen) atoms. The first-order chi connectivity index (χ1) is 12.5. The zero-order valence-corrected chi connectivity index (χ0v) is 14.9.